The number of imidazole rings is 1. The molecule has 0 amide bonds. The van der Waals surface area contributed by atoms with Crippen LogP contribution in [0.3, 0.4) is 0 Å². The predicted octanol–water partition coefficient (Wildman–Crippen LogP) is 3.28. The predicted molar refractivity (Wildman–Crippen MR) is 113 cm³/mol. The Hall–Kier alpha value is -1.98. The van der Waals surface area contributed by atoms with E-state index >= 15 is 4.39 Å². The Morgan fingerprint density at radius 2 is 2.12 bits per heavy atom. The average Bonchev–Trinajstić information content (AvgIpc) is 3.27. The first-order chi connectivity index (χ1) is 15.5. The Kier molecular flexibility index (Phi) is 6.58. The summed E-state index contributed by atoms with van der Waals surface area (Å²) in [6.45, 7) is 8.01. The van der Waals surface area contributed by atoms with E-state index in [1.54, 1.807) is 27.7 Å². The van der Waals surface area contributed by atoms with Gasteiger partial charge in [-0.25, -0.2) is 23.9 Å². The van der Waals surface area contributed by atoms with E-state index < -0.39 is 37.8 Å². The lowest BCUT2D eigenvalue weighted by atomic mass is 9.98. The summed E-state index contributed by atoms with van der Waals surface area (Å²) in [5, 5.41) is 0. The molecular weight excluding hydrogens is 458 g/mol. The molecule has 2 aromatic rings. The fourth-order valence-electron chi connectivity index (χ4n) is 3.86. The standard InChI is InChI=1S/C20H28FN4O7P/c1-11(2)30-18(26)12(3)6-7-28-33(27)29-8-14-16(32-33)20(5,21)19(31-14)25-10-24-15-13(4)22-9-23-17(15)25/h9-12,14,16,19H,6-8H2,1-5H3/t12-,14-,16-,19-,20-,33-/m1/s1. The minimum absolute atomic E-state index is 0.0847. The summed E-state index contributed by atoms with van der Waals surface area (Å²) in [7, 11) is -4.06. The van der Waals surface area contributed by atoms with Gasteiger partial charge in [0.05, 0.1) is 37.3 Å². The largest absolute Gasteiger partial charge is 0.475 e. The number of phosphoric acid groups is 1. The molecule has 33 heavy (non-hydrogen) atoms. The summed E-state index contributed by atoms with van der Waals surface area (Å²) in [6, 6.07) is 0. The average molecular weight is 486 g/mol. The number of rotatable bonds is 7. The maximum Gasteiger partial charge on any atom is 0.475 e. The number of aromatic nitrogens is 4. The molecule has 11 nitrogen and oxygen atoms in total. The number of hydrogen-bond acceptors (Lipinski definition) is 10. The van der Waals surface area contributed by atoms with Crippen molar-refractivity contribution in [1.29, 1.82) is 0 Å². The maximum absolute atomic E-state index is 16.0. The van der Waals surface area contributed by atoms with E-state index in [-0.39, 0.29) is 31.7 Å². The van der Waals surface area contributed by atoms with Crippen LogP contribution in [0.5, 0.6) is 0 Å². The lowest BCUT2D eigenvalue weighted by Crippen LogP contribution is -2.44. The Morgan fingerprint density at radius 3 is 2.85 bits per heavy atom. The second kappa shape index (κ2) is 8.99. The smallest absolute Gasteiger partial charge is 0.463 e. The van der Waals surface area contributed by atoms with Crippen LogP contribution in [0.25, 0.3) is 11.2 Å². The third-order valence-electron chi connectivity index (χ3n) is 5.67. The lowest BCUT2D eigenvalue weighted by molar-refractivity contribution is -0.152. The first-order valence-corrected chi connectivity index (χ1v) is 12.2. The number of esters is 1. The van der Waals surface area contributed by atoms with Crippen molar-refractivity contribution in [2.45, 2.75) is 71.2 Å². The van der Waals surface area contributed by atoms with Gasteiger partial charge in [-0.1, -0.05) is 6.92 Å². The molecule has 0 N–H and O–H groups in total. The third-order valence-corrected chi connectivity index (χ3v) is 7.12. The number of nitrogens with zero attached hydrogens (tertiary/aromatic N) is 4. The molecule has 4 rings (SSSR count). The highest BCUT2D eigenvalue weighted by atomic mass is 31.2. The van der Waals surface area contributed by atoms with Crippen LogP contribution in [0.15, 0.2) is 12.7 Å². The Balaban J connectivity index is 1.43. The zero-order valence-electron chi connectivity index (χ0n) is 19.1. The van der Waals surface area contributed by atoms with Gasteiger partial charge in [-0.3, -0.25) is 22.9 Å². The Morgan fingerprint density at radius 1 is 1.36 bits per heavy atom. The highest BCUT2D eigenvalue weighted by molar-refractivity contribution is 7.48. The quantitative estimate of drug-likeness (QED) is 0.425. The molecule has 2 aliphatic heterocycles. The molecule has 2 aromatic heterocycles. The number of phosphoric ester groups is 1. The van der Waals surface area contributed by atoms with Crippen LogP contribution in [-0.2, 0) is 32.4 Å². The van der Waals surface area contributed by atoms with E-state index in [9.17, 15) is 9.36 Å². The van der Waals surface area contributed by atoms with Gasteiger partial charge in [0.2, 0.25) is 0 Å². The summed E-state index contributed by atoms with van der Waals surface area (Å²) in [6.07, 6.45) is -0.341. The van der Waals surface area contributed by atoms with Gasteiger partial charge in [-0.05, 0) is 34.1 Å². The number of hydrogen-bond donors (Lipinski definition) is 0. The molecular formula is C20H28FN4O7P. The van der Waals surface area contributed by atoms with Crippen LogP contribution in [-0.4, -0.2) is 62.7 Å². The van der Waals surface area contributed by atoms with Crippen molar-refractivity contribution in [2.75, 3.05) is 13.2 Å². The Bertz CT molecular complexity index is 1080. The molecule has 0 bridgehead atoms. The molecule has 0 saturated carbocycles. The fraction of sp³-hybridized carbons (Fsp3) is 0.700. The van der Waals surface area contributed by atoms with Crippen LogP contribution in [0.4, 0.5) is 4.39 Å². The second-order valence-electron chi connectivity index (χ2n) is 8.74. The summed E-state index contributed by atoms with van der Waals surface area (Å²) >= 11 is 0. The van der Waals surface area contributed by atoms with Crippen LogP contribution in [0.1, 0.15) is 46.0 Å². The zero-order chi connectivity index (χ0) is 24.0. The number of carbonyl (C=O) groups is 1. The maximum atomic E-state index is 16.0. The van der Waals surface area contributed by atoms with Gasteiger partial charge in [0.1, 0.15) is 24.1 Å². The third kappa shape index (κ3) is 4.67. The van der Waals surface area contributed by atoms with Gasteiger partial charge in [-0.2, -0.15) is 0 Å². The lowest BCUT2D eigenvalue weighted by Gasteiger charge is -2.33. The SMILES string of the molecule is Cc1ncnc2c1ncn2[C@@H]1O[C@@H]2CO[P@@](=O)(OCC[C@@H](C)C(=O)OC(C)C)O[C@H]2[C@@]1(C)F. The topological polar surface area (TPSA) is 124 Å². The normalized spacial score (nSPS) is 32.8. The number of alkyl halides is 1. The first kappa shape index (κ1) is 24.2. The highest BCUT2D eigenvalue weighted by Crippen LogP contribution is 2.59. The molecule has 2 saturated heterocycles. The van der Waals surface area contributed by atoms with Crippen LogP contribution < -0.4 is 0 Å². The molecule has 13 heteroatoms. The van der Waals surface area contributed by atoms with Crippen LogP contribution >= 0.6 is 7.82 Å². The molecule has 0 radical (unpaired) electrons. The number of ether oxygens (including phenoxy) is 2. The summed E-state index contributed by atoms with van der Waals surface area (Å²) in [4.78, 5) is 24.5. The van der Waals surface area contributed by atoms with Crippen molar-refractivity contribution in [3.63, 3.8) is 0 Å². The van der Waals surface area contributed by atoms with E-state index in [4.69, 9.17) is 23.0 Å². The molecule has 6 atom stereocenters. The monoisotopic (exact) mass is 486 g/mol. The molecule has 0 spiro atoms. The summed E-state index contributed by atoms with van der Waals surface area (Å²) < 4.78 is 57.6. The van der Waals surface area contributed by atoms with E-state index in [1.165, 1.54) is 24.1 Å². The van der Waals surface area contributed by atoms with Crippen molar-refractivity contribution >= 4 is 25.0 Å². The molecule has 182 valence electrons. The summed E-state index contributed by atoms with van der Waals surface area (Å²) in [5.74, 6) is -0.852. The van der Waals surface area contributed by atoms with Gasteiger partial charge < -0.3 is 9.47 Å². The number of fused-ring (bicyclic) bond motifs is 2. The van der Waals surface area contributed by atoms with Gasteiger partial charge in [0, 0.05) is 0 Å². The first-order valence-electron chi connectivity index (χ1n) is 10.8. The minimum atomic E-state index is -4.06. The molecule has 2 aliphatic rings. The van der Waals surface area contributed by atoms with Gasteiger partial charge >= 0.3 is 13.8 Å². The van der Waals surface area contributed by atoms with Crippen molar-refractivity contribution in [3.05, 3.63) is 18.3 Å². The van der Waals surface area contributed by atoms with Crippen molar-refractivity contribution in [1.82, 2.24) is 19.5 Å². The number of aryl methyl sites for hydroxylation is 1. The molecule has 4 heterocycles. The molecule has 0 aliphatic carbocycles. The minimum Gasteiger partial charge on any atom is -0.463 e. The molecule has 0 aromatic carbocycles. The van der Waals surface area contributed by atoms with Gasteiger partial charge in [-0.15, -0.1) is 0 Å². The van der Waals surface area contributed by atoms with E-state index in [1.807, 2.05) is 0 Å². The molecule has 2 fully saturated rings. The van der Waals surface area contributed by atoms with E-state index in [0.29, 0.717) is 16.9 Å². The number of halogens is 1. The van der Waals surface area contributed by atoms with Crippen LogP contribution in [0, 0.1) is 12.8 Å². The highest BCUT2D eigenvalue weighted by Gasteiger charge is 2.61. The molecule has 0 unspecified atom stereocenters. The van der Waals surface area contributed by atoms with Crippen LogP contribution in [0.2, 0.25) is 0 Å². The van der Waals surface area contributed by atoms with Crippen molar-refractivity contribution < 1.29 is 36.8 Å². The van der Waals surface area contributed by atoms with E-state index in [0.717, 1.165) is 0 Å². The van der Waals surface area contributed by atoms with Gasteiger partial charge in [0.15, 0.2) is 17.5 Å². The van der Waals surface area contributed by atoms with E-state index in [2.05, 4.69) is 15.0 Å². The number of carbonyl (C=O) groups excluding carboxylic acids is 1. The zero-order valence-corrected chi connectivity index (χ0v) is 20.0. The second-order valence-corrected chi connectivity index (χ2v) is 10.4. The summed E-state index contributed by atoms with van der Waals surface area (Å²) in [5.41, 5.74) is -0.492. The van der Waals surface area contributed by atoms with Crippen molar-refractivity contribution in [2.24, 2.45) is 5.92 Å². The van der Waals surface area contributed by atoms with Crippen molar-refractivity contribution in [3.8, 4) is 0 Å². The fourth-order valence-corrected chi connectivity index (χ4v) is 5.33. The Labute approximate surface area is 190 Å². The van der Waals surface area contributed by atoms with Gasteiger partial charge in [0.25, 0.3) is 0 Å².